The standard InChI is InChI=1S/C18H28N2O3/c1-5-23-17(21)10-13-20(12-7-11-19(3)4)18(22)16-9-6-8-15(2)14-16/h6,8-9,14H,5,7,10-13H2,1-4H3. The Kier molecular flexibility index (Phi) is 8.33. The molecule has 1 aromatic rings. The molecule has 0 spiro atoms. The molecule has 0 aliphatic heterocycles. The van der Waals surface area contributed by atoms with Crippen molar-refractivity contribution in [3.63, 3.8) is 0 Å². The number of nitrogens with zero attached hydrogens (tertiary/aromatic N) is 2. The molecule has 0 aliphatic rings. The number of esters is 1. The highest BCUT2D eigenvalue weighted by atomic mass is 16.5. The first-order chi connectivity index (χ1) is 10.9. The molecule has 128 valence electrons. The molecule has 0 bridgehead atoms. The molecule has 1 rings (SSSR count). The topological polar surface area (TPSA) is 49.9 Å². The Morgan fingerprint density at radius 3 is 2.48 bits per heavy atom. The van der Waals surface area contributed by atoms with Crippen LogP contribution >= 0.6 is 0 Å². The molecule has 0 N–H and O–H groups in total. The molecule has 0 atom stereocenters. The summed E-state index contributed by atoms with van der Waals surface area (Å²) in [6, 6.07) is 7.54. The summed E-state index contributed by atoms with van der Waals surface area (Å²) in [5.41, 5.74) is 1.72. The zero-order chi connectivity index (χ0) is 17.2. The van der Waals surface area contributed by atoms with Gasteiger partial charge < -0.3 is 14.5 Å². The number of rotatable bonds is 9. The molecule has 1 amide bonds. The summed E-state index contributed by atoms with van der Waals surface area (Å²) in [5, 5.41) is 0. The molecule has 1 aromatic carbocycles. The molecule has 0 unspecified atom stereocenters. The summed E-state index contributed by atoms with van der Waals surface area (Å²) in [6.45, 7) is 6.03. The van der Waals surface area contributed by atoms with E-state index >= 15 is 0 Å². The lowest BCUT2D eigenvalue weighted by Gasteiger charge is -2.23. The van der Waals surface area contributed by atoms with Crippen LogP contribution in [0, 0.1) is 6.92 Å². The lowest BCUT2D eigenvalue weighted by Crippen LogP contribution is -2.35. The minimum absolute atomic E-state index is 0.0308. The molecular formula is C18H28N2O3. The third-order valence-corrected chi connectivity index (χ3v) is 3.48. The summed E-state index contributed by atoms with van der Waals surface area (Å²) in [7, 11) is 4.01. The van der Waals surface area contributed by atoms with E-state index in [2.05, 4.69) is 4.90 Å². The molecule has 5 heteroatoms. The van der Waals surface area contributed by atoms with Gasteiger partial charge >= 0.3 is 5.97 Å². The van der Waals surface area contributed by atoms with Crippen molar-refractivity contribution in [1.29, 1.82) is 0 Å². The monoisotopic (exact) mass is 320 g/mol. The first-order valence-corrected chi connectivity index (χ1v) is 8.10. The van der Waals surface area contributed by atoms with Crippen LogP contribution in [0.1, 0.15) is 35.7 Å². The Bertz CT molecular complexity index is 515. The largest absolute Gasteiger partial charge is 0.466 e. The lowest BCUT2D eigenvalue weighted by atomic mass is 10.1. The van der Waals surface area contributed by atoms with Crippen molar-refractivity contribution in [1.82, 2.24) is 9.80 Å². The molecule has 0 fully saturated rings. The van der Waals surface area contributed by atoms with E-state index in [4.69, 9.17) is 4.74 Å². The van der Waals surface area contributed by atoms with Gasteiger partial charge in [0.1, 0.15) is 0 Å². The predicted molar refractivity (Wildman–Crippen MR) is 91.5 cm³/mol. The van der Waals surface area contributed by atoms with Gasteiger partial charge in [0.2, 0.25) is 0 Å². The van der Waals surface area contributed by atoms with E-state index in [1.54, 1.807) is 11.8 Å². The highest BCUT2D eigenvalue weighted by Gasteiger charge is 2.17. The van der Waals surface area contributed by atoms with E-state index < -0.39 is 0 Å². The number of benzene rings is 1. The van der Waals surface area contributed by atoms with Crippen LogP contribution in [0.4, 0.5) is 0 Å². The van der Waals surface area contributed by atoms with Crippen molar-refractivity contribution in [2.45, 2.75) is 26.7 Å². The van der Waals surface area contributed by atoms with Gasteiger partial charge in [-0.2, -0.15) is 0 Å². The number of amides is 1. The molecule has 0 heterocycles. The van der Waals surface area contributed by atoms with E-state index in [0.29, 0.717) is 25.3 Å². The lowest BCUT2D eigenvalue weighted by molar-refractivity contribution is -0.143. The van der Waals surface area contributed by atoms with Crippen LogP contribution < -0.4 is 0 Å². The van der Waals surface area contributed by atoms with Gasteiger partial charge in [0.25, 0.3) is 5.91 Å². The minimum atomic E-state index is -0.262. The van der Waals surface area contributed by atoms with E-state index in [1.165, 1.54) is 0 Å². The number of hydrogen-bond donors (Lipinski definition) is 0. The molecule has 0 radical (unpaired) electrons. The highest BCUT2D eigenvalue weighted by Crippen LogP contribution is 2.09. The normalized spacial score (nSPS) is 10.7. The first kappa shape index (κ1) is 19.2. The Balaban J connectivity index is 2.72. The Morgan fingerprint density at radius 1 is 1.13 bits per heavy atom. The molecule has 0 saturated heterocycles. The van der Waals surface area contributed by atoms with Crippen LogP contribution in [0.25, 0.3) is 0 Å². The van der Waals surface area contributed by atoms with Crippen LogP contribution in [-0.4, -0.2) is 62.0 Å². The van der Waals surface area contributed by atoms with Gasteiger partial charge in [-0.3, -0.25) is 9.59 Å². The third kappa shape index (κ3) is 7.28. The second kappa shape index (κ2) is 10.0. The fraction of sp³-hybridized carbons (Fsp3) is 0.556. The molecule has 0 saturated carbocycles. The van der Waals surface area contributed by atoms with Crippen LogP contribution in [0.5, 0.6) is 0 Å². The van der Waals surface area contributed by atoms with Crippen molar-refractivity contribution in [3.05, 3.63) is 35.4 Å². The Morgan fingerprint density at radius 2 is 1.87 bits per heavy atom. The van der Waals surface area contributed by atoms with Gasteiger partial charge in [-0.1, -0.05) is 17.7 Å². The summed E-state index contributed by atoms with van der Waals surface area (Å²) in [6.07, 6.45) is 1.10. The maximum Gasteiger partial charge on any atom is 0.307 e. The smallest absolute Gasteiger partial charge is 0.307 e. The molecular weight excluding hydrogens is 292 g/mol. The van der Waals surface area contributed by atoms with Crippen molar-refractivity contribution >= 4 is 11.9 Å². The molecule has 0 aromatic heterocycles. The van der Waals surface area contributed by atoms with E-state index in [1.807, 2.05) is 45.3 Å². The van der Waals surface area contributed by atoms with Crippen LogP contribution in [0.3, 0.4) is 0 Å². The second-order valence-electron chi connectivity index (χ2n) is 5.87. The fourth-order valence-corrected chi connectivity index (χ4v) is 2.31. The number of carbonyl (C=O) groups excluding carboxylic acids is 2. The van der Waals surface area contributed by atoms with Gasteiger partial charge in [-0.05, 0) is 53.0 Å². The summed E-state index contributed by atoms with van der Waals surface area (Å²) in [5.74, 6) is -0.293. The fourth-order valence-electron chi connectivity index (χ4n) is 2.31. The van der Waals surface area contributed by atoms with Gasteiger partial charge in [0.05, 0.1) is 13.0 Å². The van der Waals surface area contributed by atoms with E-state index in [-0.39, 0.29) is 18.3 Å². The van der Waals surface area contributed by atoms with Crippen molar-refractivity contribution in [2.75, 3.05) is 40.3 Å². The predicted octanol–water partition coefficient (Wildman–Crippen LogP) is 2.34. The van der Waals surface area contributed by atoms with Gasteiger partial charge in [0.15, 0.2) is 0 Å². The molecule has 5 nitrogen and oxygen atoms in total. The van der Waals surface area contributed by atoms with Crippen molar-refractivity contribution < 1.29 is 14.3 Å². The number of aryl methyl sites for hydroxylation is 1. The minimum Gasteiger partial charge on any atom is -0.466 e. The van der Waals surface area contributed by atoms with Crippen LogP contribution in [0.15, 0.2) is 24.3 Å². The van der Waals surface area contributed by atoms with E-state index in [9.17, 15) is 9.59 Å². The third-order valence-electron chi connectivity index (χ3n) is 3.48. The number of ether oxygens (including phenoxy) is 1. The van der Waals surface area contributed by atoms with Crippen molar-refractivity contribution in [2.24, 2.45) is 0 Å². The van der Waals surface area contributed by atoms with Crippen molar-refractivity contribution in [3.8, 4) is 0 Å². The van der Waals surface area contributed by atoms with Crippen LogP contribution in [0.2, 0.25) is 0 Å². The van der Waals surface area contributed by atoms with E-state index in [0.717, 1.165) is 18.5 Å². The molecule has 0 aliphatic carbocycles. The summed E-state index contributed by atoms with van der Waals surface area (Å²) < 4.78 is 4.95. The Labute approximate surface area is 139 Å². The molecule has 23 heavy (non-hydrogen) atoms. The quantitative estimate of drug-likeness (QED) is 0.655. The first-order valence-electron chi connectivity index (χ1n) is 8.10. The highest BCUT2D eigenvalue weighted by molar-refractivity contribution is 5.94. The Hall–Kier alpha value is -1.88. The van der Waals surface area contributed by atoms with Crippen LogP contribution in [-0.2, 0) is 9.53 Å². The van der Waals surface area contributed by atoms with Gasteiger partial charge in [-0.25, -0.2) is 0 Å². The summed E-state index contributed by atoms with van der Waals surface area (Å²) in [4.78, 5) is 28.1. The van der Waals surface area contributed by atoms with Gasteiger partial charge in [0, 0.05) is 18.7 Å². The number of hydrogen-bond acceptors (Lipinski definition) is 4. The maximum absolute atomic E-state index is 12.7. The summed E-state index contributed by atoms with van der Waals surface area (Å²) >= 11 is 0. The number of carbonyl (C=O) groups is 2. The SMILES string of the molecule is CCOC(=O)CCN(CCCN(C)C)C(=O)c1cccc(C)c1. The maximum atomic E-state index is 12.7. The average molecular weight is 320 g/mol. The zero-order valence-electron chi connectivity index (χ0n) is 14.7. The zero-order valence-corrected chi connectivity index (χ0v) is 14.7. The van der Waals surface area contributed by atoms with Gasteiger partial charge in [-0.15, -0.1) is 0 Å². The second-order valence-corrected chi connectivity index (χ2v) is 5.87. The average Bonchev–Trinajstić information content (AvgIpc) is 2.50.